The van der Waals surface area contributed by atoms with Crippen molar-refractivity contribution >= 4 is 28.3 Å². The summed E-state index contributed by atoms with van der Waals surface area (Å²) in [7, 11) is 0. The maximum atomic E-state index is 5.30. The van der Waals surface area contributed by atoms with Gasteiger partial charge in [0.15, 0.2) is 0 Å². The molecule has 4 heteroatoms. The molecule has 1 nitrogen and oxygen atoms in total. The third-order valence-electron chi connectivity index (χ3n) is 2.49. The van der Waals surface area contributed by atoms with E-state index in [-0.39, 0.29) is 52.8 Å². The van der Waals surface area contributed by atoms with Crippen LogP contribution in [0.5, 0.6) is 0 Å². The standard InChI is InChI=1S/C15H15NS2.K.H/c17-15(16-11-13-7-3-1-4-8-13)18-12-14-9-5-2-6-10-14;;/h1-10H,11-12H2,(H,16,17);;/q;+1;-1. The van der Waals surface area contributed by atoms with Crippen molar-refractivity contribution in [1.82, 2.24) is 5.32 Å². The molecule has 0 aliphatic rings. The molecule has 19 heavy (non-hydrogen) atoms. The van der Waals surface area contributed by atoms with Crippen molar-refractivity contribution in [3.05, 3.63) is 71.8 Å². The van der Waals surface area contributed by atoms with Gasteiger partial charge < -0.3 is 6.74 Å². The summed E-state index contributed by atoms with van der Waals surface area (Å²) in [5.74, 6) is 0.918. The molecule has 2 rings (SSSR count). The summed E-state index contributed by atoms with van der Waals surface area (Å²) in [4.78, 5) is 0. The molecule has 0 bridgehead atoms. The van der Waals surface area contributed by atoms with Crippen LogP contribution in [0.2, 0.25) is 0 Å². The topological polar surface area (TPSA) is 12.0 Å². The molecule has 0 saturated heterocycles. The molecule has 0 radical (unpaired) electrons. The fourth-order valence-electron chi connectivity index (χ4n) is 1.54. The summed E-state index contributed by atoms with van der Waals surface area (Å²) in [6.07, 6.45) is 0. The Morgan fingerprint density at radius 1 is 0.947 bits per heavy atom. The monoisotopic (exact) mass is 313 g/mol. The molecule has 0 heterocycles. The van der Waals surface area contributed by atoms with Gasteiger partial charge >= 0.3 is 51.4 Å². The molecular formula is C15H16KNS2. The number of thiocarbonyl (C=S) groups is 1. The number of thioether (sulfide) groups is 1. The smallest absolute Gasteiger partial charge is 1.00 e. The Kier molecular flexibility index (Phi) is 9.23. The summed E-state index contributed by atoms with van der Waals surface area (Å²) < 4.78 is 0.850. The van der Waals surface area contributed by atoms with E-state index in [1.807, 2.05) is 24.3 Å². The Labute approximate surface area is 168 Å². The van der Waals surface area contributed by atoms with Crippen LogP contribution in [0.1, 0.15) is 12.6 Å². The minimum Gasteiger partial charge on any atom is -1.00 e. The van der Waals surface area contributed by atoms with E-state index in [1.54, 1.807) is 11.8 Å². The van der Waals surface area contributed by atoms with Gasteiger partial charge in [0, 0.05) is 12.3 Å². The maximum absolute atomic E-state index is 5.30. The third-order valence-corrected chi connectivity index (χ3v) is 3.87. The van der Waals surface area contributed by atoms with Crippen molar-refractivity contribution in [2.75, 3.05) is 0 Å². The molecule has 2 aromatic carbocycles. The van der Waals surface area contributed by atoms with Crippen LogP contribution < -0.4 is 56.7 Å². The number of nitrogens with one attached hydrogen (secondary N) is 1. The Morgan fingerprint density at radius 3 is 2.05 bits per heavy atom. The first-order valence-electron chi connectivity index (χ1n) is 5.83. The Hall–Kier alpha value is 0.316. The van der Waals surface area contributed by atoms with Crippen LogP contribution in [0.15, 0.2) is 60.7 Å². The SMILES string of the molecule is S=C(NCc1ccccc1)SCc1ccccc1.[H-].[K+]. The third kappa shape index (κ3) is 7.04. The van der Waals surface area contributed by atoms with Crippen molar-refractivity contribution < 1.29 is 52.8 Å². The zero-order valence-corrected chi connectivity index (χ0v) is 15.8. The quantitative estimate of drug-likeness (QED) is 0.671. The number of rotatable bonds is 4. The molecule has 0 aliphatic carbocycles. The van der Waals surface area contributed by atoms with Crippen LogP contribution in [-0.4, -0.2) is 4.32 Å². The second kappa shape index (κ2) is 10.1. The molecule has 2 aromatic rings. The van der Waals surface area contributed by atoms with Gasteiger partial charge in [-0.3, -0.25) is 0 Å². The molecule has 1 N–H and O–H groups in total. The minimum atomic E-state index is 0. The summed E-state index contributed by atoms with van der Waals surface area (Å²) >= 11 is 6.97. The largest absolute Gasteiger partial charge is 1.00 e. The van der Waals surface area contributed by atoms with Gasteiger partial charge in [-0.1, -0.05) is 84.6 Å². The predicted octanol–water partition coefficient (Wildman–Crippen LogP) is 1.11. The first kappa shape index (κ1) is 17.4. The minimum absolute atomic E-state index is 0. The maximum Gasteiger partial charge on any atom is 1.00 e. The van der Waals surface area contributed by atoms with Gasteiger partial charge in [0.25, 0.3) is 0 Å². The number of hydrogen-bond donors (Lipinski definition) is 1. The van der Waals surface area contributed by atoms with Gasteiger partial charge in [-0.2, -0.15) is 0 Å². The van der Waals surface area contributed by atoms with Gasteiger partial charge in [-0.25, -0.2) is 0 Å². The Balaban J connectivity index is 0.00000180. The summed E-state index contributed by atoms with van der Waals surface area (Å²) in [5, 5.41) is 3.26. The zero-order chi connectivity index (χ0) is 12.6. The van der Waals surface area contributed by atoms with Gasteiger partial charge in [0.05, 0.1) is 0 Å². The van der Waals surface area contributed by atoms with Crippen molar-refractivity contribution in [3.8, 4) is 0 Å². The zero-order valence-electron chi connectivity index (χ0n) is 12.0. The van der Waals surface area contributed by atoms with Crippen LogP contribution in [-0.2, 0) is 12.3 Å². The van der Waals surface area contributed by atoms with Crippen LogP contribution in [0.25, 0.3) is 0 Å². The molecular weight excluding hydrogens is 297 g/mol. The summed E-state index contributed by atoms with van der Waals surface area (Å²) in [5.41, 5.74) is 2.55. The molecule has 0 aromatic heterocycles. The van der Waals surface area contributed by atoms with Gasteiger partial charge in [-0.05, 0) is 11.1 Å². The van der Waals surface area contributed by atoms with Gasteiger partial charge in [0.2, 0.25) is 0 Å². The van der Waals surface area contributed by atoms with E-state index in [0.717, 1.165) is 16.6 Å². The van der Waals surface area contributed by atoms with E-state index in [2.05, 4.69) is 41.7 Å². The molecule has 0 saturated carbocycles. The van der Waals surface area contributed by atoms with Crippen molar-refractivity contribution in [1.29, 1.82) is 0 Å². The molecule has 0 unspecified atom stereocenters. The van der Waals surface area contributed by atoms with E-state index in [0.29, 0.717) is 0 Å². The molecule has 0 amide bonds. The number of hydrogen-bond acceptors (Lipinski definition) is 2. The fourth-order valence-corrected chi connectivity index (χ4v) is 2.46. The van der Waals surface area contributed by atoms with Crippen molar-refractivity contribution in [2.45, 2.75) is 12.3 Å². The van der Waals surface area contributed by atoms with Crippen LogP contribution in [0.4, 0.5) is 0 Å². The van der Waals surface area contributed by atoms with E-state index < -0.39 is 0 Å². The van der Waals surface area contributed by atoms with Gasteiger partial charge in [-0.15, -0.1) is 0 Å². The average molecular weight is 314 g/mol. The second-order valence-electron chi connectivity index (χ2n) is 3.90. The first-order valence-corrected chi connectivity index (χ1v) is 7.22. The molecule has 0 fully saturated rings. The fraction of sp³-hybridized carbons (Fsp3) is 0.133. The molecule has 0 spiro atoms. The van der Waals surface area contributed by atoms with Crippen molar-refractivity contribution in [3.63, 3.8) is 0 Å². The van der Waals surface area contributed by atoms with Gasteiger partial charge in [0.1, 0.15) is 4.32 Å². The molecule has 94 valence electrons. The van der Waals surface area contributed by atoms with Crippen molar-refractivity contribution in [2.24, 2.45) is 0 Å². The van der Waals surface area contributed by atoms with E-state index in [1.165, 1.54) is 11.1 Å². The first-order chi connectivity index (χ1) is 8.84. The normalized spacial score (nSPS) is 9.47. The molecule has 0 atom stereocenters. The predicted molar refractivity (Wildman–Crippen MR) is 84.7 cm³/mol. The summed E-state index contributed by atoms with van der Waals surface area (Å²) in [6.45, 7) is 0.793. The molecule has 0 aliphatic heterocycles. The van der Waals surface area contributed by atoms with E-state index >= 15 is 0 Å². The number of benzene rings is 2. The van der Waals surface area contributed by atoms with E-state index in [4.69, 9.17) is 12.2 Å². The average Bonchev–Trinajstić information content (AvgIpc) is 2.45. The Morgan fingerprint density at radius 2 is 1.47 bits per heavy atom. The Bertz CT molecular complexity index is 448. The van der Waals surface area contributed by atoms with Crippen LogP contribution in [0, 0.1) is 0 Å². The van der Waals surface area contributed by atoms with E-state index in [9.17, 15) is 0 Å². The summed E-state index contributed by atoms with van der Waals surface area (Å²) in [6, 6.07) is 20.7. The van der Waals surface area contributed by atoms with Crippen LogP contribution >= 0.6 is 24.0 Å². The van der Waals surface area contributed by atoms with Crippen LogP contribution in [0.3, 0.4) is 0 Å². The second-order valence-corrected chi connectivity index (χ2v) is 5.55.